The van der Waals surface area contributed by atoms with E-state index in [1.165, 1.54) is 0 Å². The molecule has 4 aromatic rings. The largest absolute Gasteiger partial charge is 0.369 e. The number of piperazine rings is 1. The first kappa shape index (κ1) is 38.1. The highest BCUT2D eigenvalue weighted by Gasteiger charge is 2.41. The molecule has 2 fully saturated rings. The zero-order chi connectivity index (χ0) is 38.9. The predicted molar refractivity (Wildman–Crippen MR) is 214 cm³/mol. The second kappa shape index (κ2) is 15.9. The molecule has 2 saturated heterocycles. The number of nitrogens with two attached hydrogens (primary N) is 2. The van der Waals surface area contributed by atoms with E-state index >= 15 is 0 Å². The van der Waals surface area contributed by atoms with E-state index in [4.69, 9.17) is 11.5 Å². The summed E-state index contributed by atoms with van der Waals surface area (Å²) in [5.41, 5.74) is 18.6. The highest BCUT2D eigenvalue weighted by atomic mass is 16.2. The standard InChI is InChI=1S/C42H54N10O3/c1-4-28-22-32-33(42(2,3)40-38(39(32)55)31-10-9-27(25-43)21-34(31)48-40)24-35(28)50-17-19-51(20-18-50)37(54)8-6-13-49-15-11-30(26-49)47-36(53)23-29(44)7-5-14-52-16-12-46-41(52)45/h9-10,12,16,21-22,24,29-30,48H,4-8,11,13-15,17-20,23,26,44H2,1-3H3,(H2,45,46)(H,47,53)/t29-,30+/m0/s1. The van der Waals surface area contributed by atoms with Crippen LogP contribution in [0.1, 0.15) is 97.6 Å². The molecule has 2 aromatic carbocycles. The van der Waals surface area contributed by atoms with Gasteiger partial charge < -0.3 is 41.0 Å². The summed E-state index contributed by atoms with van der Waals surface area (Å²) in [6.07, 6.45) is 8.37. The molecule has 55 heavy (non-hydrogen) atoms. The maximum Gasteiger partial charge on any atom is 0.222 e. The van der Waals surface area contributed by atoms with Crippen LogP contribution >= 0.6 is 0 Å². The molecule has 290 valence electrons. The Kier molecular flexibility index (Phi) is 11.0. The molecule has 0 saturated carbocycles. The number of aromatic amines is 1. The first-order valence-electron chi connectivity index (χ1n) is 19.8. The Hall–Kier alpha value is -5.19. The van der Waals surface area contributed by atoms with E-state index in [1.807, 2.05) is 27.8 Å². The lowest BCUT2D eigenvalue weighted by molar-refractivity contribution is -0.131. The van der Waals surface area contributed by atoms with Crippen molar-refractivity contribution in [1.29, 1.82) is 5.26 Å². The minimum atomic E-state index is -0.449. The van der Waals surface area contributed by atoms with Gasteiger partial charge in [0.25, 0.3) is 0 Å². The molecule has 0 spiro atoms. The van der Waals surface area contributed by atoms with Gasteiger partial charge in [-0.3, -0.25) is 14.4 Å². The lowest BCUT2D eigenvalue weighted by Gasteiger charge is -2.39. The molecule has 13 heteroatoms. The summed E-state index contributed by atoms with van der Waals surface area (Å²) in [6.45, 7) is 12.5. The average Bonchev–Trinajstić information content (AvgIpc) is 3.91. The molecule has 2 amide bonds. The van der Waals surface area contributed by atoms with E-state index in [2.05, 4.69) is 64.1 Å². The van der Waals surface area contributed by atoms with E-state index in [1.54, 1.807) is 12.3 Å². The van der Waals surface area contributed by atoms with Gasteiger partial charge in [0.1, 0.15) is 0 Å². The van der Waals surface area contributed by atoms with Crippen molar-refractivity contribution < 1.29 is 14.4 Å². The van der Waals surface area contributed by atoms with Crippen molar-refractivity contribution in [1.82, 2.24) is 29.7 Å². The molecule has 4 heterocycles. The fourth-order valence-electron chi connectivity index (χ4n) is 8.80. The van der Waals surface area contributed by atoms with Crippen LogP contribution in [0.15, 0.2) is 42.7 Å². The van der Waals surface area contributed by atoms with Crippen molar-refractivity contribution in [3.05, 3.63) is 76.2 Å². The maximum absolute atomic E-state index is 14.1. The fourth-order valence-corrected chi connectivity index (χ4v) is 8.80. The second-order valence-corrected chi connectivity index (χ2v) is 16.0. The third kappa shape index (κ3) is 7.84. The summed E-state index contributed by atoms with van der Waals surface area (Å²) in [7, 11) is 0. The molecule has 2 aliphatic heterocycles. The molecule has 1 aliphatic carbocycles. The Labute approximate surface area is 323 Å². The van der Waals surface area contributed by atoms with Gasteiger partial charge in [0.05, 0.1) is 17.2 Å². The number of nitriles is 1. The number of nitrogens with zero attached hydrogens (tertiary/aromatic N) is 6. The number of nitrogens with one attached hydrogen (secondary N) is 2. The zero-order valence-corrected chi connectivity index (χ0v) is 32.4. The molecule has 7 rings (SSSR count). The summed E-state index contributed by atoms with van der Waals surface area (Å²) in [4.78, 5) is 54.2. The number of aryl methyl sites for hydroxylation is 2. The number of imidazole rings is 1. The number of H-pyrrole nitrogens is 1. The summed E-state index contributed by atoms with van der Waals surface area (Å²) in [5, 5.41) is 13.5. The Balaban J connectivity index is 0.873. The van der Waals surface area contributed by atoms with Crippen LogP contribution in [0, 0.1) is 11.3 Å². The number of hydrogen-bond acceptors (Lipinski definition) is 9. The van der Waals surface area contributed by atoms with Crippen LogP contribution in [0.2, 0.25) is 0 Å². The number of benzene rings is 2. The fraction of sp³-hybridized carbons (Fsp3) is 0.500. The molecule has 13 nitrogen and oxygen atoms in total. The number of ketones is 1. The third-order valence-electron chi connectivity index (χ3n) is 11.9. The SMILES string of the molecule is CCc1cc2c(cc1N1CCN(C(=O)CCCN3CC[C@@H](NC(=O)C[C@@H](N)CCCn4ccnc4N)C3)CC1)C(C)(C)c1[nH]c3cc(C#N)ccc3c1C2=O. The Morgan fingerprint density at radius 2 is 1.91 bits per heavy atom. The van der Waals surface area contributed by atoms with E-state index < -0.39 is 5.41 Å². The van der Waals surface area contributed by atoms with Crippen molar-refractivity contribution >= 4 is 40.1 Å². The van der Waals surface area contributed by atoms with Crippen molar-refractivity contribution in [2.75, 3.05) is 56.4 Å². The van der Waals surface area contributed by atoms with Crippen LogP contribution in [0.5, 0.6) is 0 Å². The van der Waals surface area contributed by atoms with Crippen molar-refractivity contribution in [3.63, 3.8) is 0 Å². The van der Waals surface area contributed by atoms with Gasteiger partial charge in [0, 0.05) is 116 Å². The normalized spacial score (nSPS) is 18.6. The summed E-state index contributed by atoms with van der Waals surface area (Å²) < 4.78 is 1.88. The maximum atomic E-state index is 14.1. The van der Waals surface area contributed by atoms with Gasteiger partial charge in [-0.25, -0.2) is 4.98 Å². The minimum Gasteiger partial charge on any atom is -0.369 e. The number of aromatic nitrogens is 3. The van der Waals surface area contributed by atoms with Crippen LogP contribution in [0.3, 0.4) is 0 Å². The van der Waals surface area contributed by atoms with Gasteiger partial charge >= 0.3 is 0 Å². The number of amides is 2. The smallest absolute Gasteiger partial charge is 0.222 e. The van der Waals surface area contributed by atoms with Crippen LogP contribution in [0.4, 0.5) is 11.6 Å². The molecule has 2 aromatic heterocycles. The molecule has 0 radical (unpaired) electrons. The zero-order valence-electron chi connectivity index (χ0n) is 32.4. The Bertz CT molecular complexity index is 2120. The number of fused-ring (bicyclic) bond motifs is 4. The topological polar surface area (TPSA) is 182 Å². The van der Waals surface area contributed by atoms with Gasteiger partial charge in [-0.05, 0) is 74.0 Å². The Morgan fingerprint density at radius 1 is 1.11 bits per heavy atom. The first-order valence-corrected chi connectivity index (χ1v) is 19.8. The summed E-state index contributed by atoms with van der Waals surface area (Å²) >= 11 is 0. The Morgan fingerprint density at radius 3 is 2.64 bits per heavy atom. The number of hydrogen-bond donors (Lipinski definition) is 4. The highest BCUT2D eigenvalue weighted by molar-refractivity contribution is 6.20. The van der Waals surface area contributed by atoms with Gasteiger partial charge in [-0.2, -0.15) is 5.26 Å². The number of carbonyl (C=O) groups is 3. The third-order valence-corrected chi connectivity index (χ3v) is 11.9. The lowest BCUT2D eigenvalue weighted by atomic mass is 9.70. The van der Waals surface area contributed by atoms with Crippen LogP contribution in [-0.2, 0) is 28.0 Å². The van der Waals surface area contributed by atoms with Crippen LogP contribution in [-0.4, -0.2) is 99.8 Å². The minimum absolute atomic E-state index is 0.00582. The monoisotopic (exact) mass is 746 g/mol. The quantitative estimate of drug-likeness (QED) is 0.157. The number of rotatable bonds is 13. The first-order chi connectivity index (χ1) is 26.5. The van der Waals surface area contributed by atoms with E-state index in [0.717, 1.165) is 110 Å². The van der Waals surface area contributed by atoms with E-state index in [-0.39, 0.29) is 29.7 Å². The van der Waals surface area contributed by atoms with Gasteiger partial charge in [-0.1, -0.05) is 26.8 Å². The van der Waals surface area contributed by atoms with Crippen molar-refractivity contribution in [2.24, 2.45) is 5.73 Å². The van der Waals surface area contributed by atoms with Crippen LogP contribution < -0.4 is 21.7 Å². The van der Waals surface area contributed by atoms with Gasteiger partial charge in [0.15, 0.2) is 11.7 Å². The van der Waals surface area contributed by atoms with Gasteiger partial charge in [-0.15, -0.1) is 0 Å². The molecule has 2 atom stereocenters. The van der Waals surface area contributed by atoms with E-state index in [0.29, 0.717) is 43.0 Å². The molecule has 0 bridgehead atoms. The average molecular weight is 747 g/mol. The number of likely N-dealkylation sites (tertiary alicyclic amines) is 1. The number of nitrogen functional groups attached to an aromatic ring is 1. The van der Waals surface area contributed by atoms with E-state index in [9.17, 15) is 19.6 Å². The second-order valence-electron chi connectivity index (χ2n) is 16.0. The molecule has 0 unspecified atom stereocenters. The number of carbonyl (C=O) groups excluding carboxylic acids is 3. The van der Waals surface area contributed by atoms with Crippen molar-refractivity contribution in [2.45, 2.75) is 89.8 Å². The lowest BCUT2D eigenvalue weighted by Crippen LogP contribution is -2.49. The van der Waals surface area contributed by atoms with Crippen molar-refractivity contribution in [3.8, 4) is 6.07 Å². The predicted octanol–water partition coefficient (Wildman–Crippen LogP) is 4.07. The van der Waals surface area contributed by atoms with Gasteiger partial charge in [0.2, 0.25) is 11.8 Å². The molecular weight excluding hydrogens is 693 g/mol. The molecule has 6 N–H and O–H groups in total. The molecular formula is C42H54N10O3. The summed E-state index contributed by atoms with van der Waals surface area (Å²) in [6, 6.07) is 11.9. The summed E-state index contributed by atoms with van der Waals surface area (Å²) in [5.74, 6) is 0.690. The van der Waals surface area contributed by atoms with Crippen LogP contribution in [0.25, 0.3) is 10.9 Å². The molecule has 3 aliphatic rings. The number of anilines is 2. The highest BCUT2D eigenvalue weighted by Crippen LogP contribution is 2.46.